The van der Waals surface area contributed by atoms with Gasteiger partial charge in [0.1, 0.15) is 23.4 Å². The molecule has 4 heterocycles. The van der Waals surface area contributed by atoms with E-state index in [1.54, 1.807) is 21.4 Å². The fourth-order valence-corrected chi connectivity index (χ4v) is 4.63. The molecule has 10 heteroatoms. The average molecular weight is 452 g/mol. The molecule has 2 fully saturated rings. The maximum absolute atomic E-state index is 14.2. The largest absolute Gasteiger partial charge is 0.393 e. The van der Waals surface area contributed by atoms with Gasteiger partial charge in [-0.05, 0) is 43.9 Å². The van der Waals surface area contributed by atoms with Crippen molar-refractivity contribution >= 4 is 16.6 Å². The number of piperidine rings is 1. The predicted octanol–water partition coefficient (Wildman–Crippen LogP) is 2.35. The van der Waals surface area contributed by atoms with Crippen molar-refractivity contribution in [3.63, 3.8) is 0 Å². The van der Waals surface area contributed by atoms with Crippen LogP contribution < -0.4 is 5.56 Å². The minimum atomic E-state index is -0.406. The first-order valence-electron chi connectivity index (χ1n) is 11.4. The van der Waals surface area contributed by atoms with E-state index in [0.29, 0.717) is 41.2 Å². The van der Waals surface area contributed by atoms with Crippen molar-refractivity contribution < 1.29 is 14.0 Å². The number of aliphatic hydroxyl groups excluding tert-OH is 1. The van der Waals surface area contributed by atoms with E-state index in [0.717, 1.165) is 38.8 Å². The molecule has 2 aliphatic rings. The Morgan fingerprint density at radius 1 is 1.21 bits per heavy atom. The summed E-state index contributed by atoms with van der Waals surface area (Å²) in [6.45, 7) is 4.64. The van der Waals surface area contributed by atoms with E-state index in [2.05, 4.69) is 26.9 Å². The van der Waals surface area contributed by atoms with Crippen molar-refractivity contribution in [1.29, 1.82) is 0 Å². The molecule has 1 N–H and O–H groups in total. The lowest BCUT2D eigenvalue weighted by Gasteiger charge is -2.29. The number of hydrogen-bond acceptors (Lipinski definition) is 7. The number of hydrogen-bond donors (Lipinski definition) is 1. The Kier molecular flexibility index (Phi) is 4.63. The highest BCUT2D eigenvalue weighted by atomic mass is 19.1. The Hall–Kier alpha value is -3.11. The highest BCUT2D eigenvalue weighted by molar-refractivity contribution is 5.83. The van der Waals surface area contributed by atoms with E-state index in [1.807, 2.05) is 0 Å². The Bertz CT molecular complexity index is 1410. The van der Waals surface area contributed by atoms with Crippen LogP contribution in [0.4, 0.5) is 4.39 Å². The molecule has 3 aromatic heterocycles. The van der Waals surface area contributed by atoms with E-state index in [1.165, 1.54) is 12.1 Å². The molecule has 0 radical (unpaired) electrons. The minimum absolute atomic E-state index is 0.0900. The number of imidazole rings is 1. The Morgan fingerprint density at radius 3 is 2.76 bits per heavy atom. The third-order valence-electron chi connectivity index (χ3n) is 7.05. The number of aliphatic hydroxyl groups is 1. The van der Waals surface area contributed by atoms with Crippen LogP contribution in [0.2, 0.25) is 0 Å². The van der Waals surface area contributed by atoms with Gasteiger partial charge in [-0.25, -0.2) is 9.37 Å². The standard InChI is InChI=1S/C23H25FN6O3/c1-23(6-7-23)22-26-20(27-33-22)18-19-21(32)29(11-10-28-8-4-15(31)5-9-28)17-12-14(24)2-3-16(17)30(19)13-25-18/h2-3,12-13,15,31H,4-11H2,1H3. The fraction of sp³-hybridized carbons (Fsp3) is 0.478. The topological polar surface area (TPSA) is 102 Å². The zero-order valence-electron chi connectivity index (χ0n) is 18.4. The van der Waals surface area contributed by atoms with Crippen LogP contribution in [0.25, 0.3) is 28.1 Å². The van der Waals surface area contributed by atoms with Crippen LogP contribution in [-0.4, -0.2) is 59.8 Å². The van der Waals surface area contributed by atoms with Crippen molar-refractivity contribution in [2.75, 3.05) is 19.6 Å². The third-order valence-corrected chi connectivity index (χ3v) is 7.05. The molecule has 0 bridgehead atoms. The lowest BCUT2D eigenvalue weighted by molar-refractivity contribution is 0.0810. The van der Waals surface area contributed by atoms with Gasteiger partial charge in [-0.15, -0.1) is 0 Å². The van der Waals surface area contributed by atoms with Gasteiger partial charge in [-0.3, -0.25) is 9.20 Å². The molecule has 9 nitrogen and oxygen atoms in total. The second kappa shape index (κ2) is 7.46. The van der Waals surface area contributed by atoms with Gasteiger partial charge in [0.15, 0.2) is 0 Å². The summed E-state index contributed by atoms with van der Waals surface area (Å²) in [7, 11) is 0. The molecule has 6 rings (SSSR count). The number of aromatic nitrogens is 5. The van der Waals surface area contributed by atoms with Crippen molar-refractivity contribution in [3.05, 3.63) is 46.6 Å². The van der Waals surface area contributed by atoms with Gasteiger partial charge >= 0.3 is 0 Å². The molecule has 1 saturated carbocycles. The van der Waals surface area contributed by atoms with Gasteiger partial charge in [0.05, 0.1) is 17.1 Å². The SMILES string of the molecule is CC1(c2nc(-c3ncn4c3c(=O)n(CCN3CCC(O)CC3)c3cc(F)ccc34)no2)CC1. The molecular formula is C23H25FN6O3. The summed E-state index contributed by atoms with van der Waals surface area (Å²) in [5.41, 5.74) is 1.52. The number of nitrogens with zero attached hydrogens (tertiary/aromatic N) is 6. The fourth-order valence-electron chi connectivity index (χ4n) is 4.63. The molecule has 0 spiro atoms. The molecular weight excluding hydrogens is 427 g/mol. The molecule has 172 valence electrons. The van der Waals surface area contributed by atoms with Gasteiger partial charge in [-0.2, -0.15) is 4.98 Å². The van der Waals surface area contributed by atoms with Crippen LogP contribution in [0.3, 0.4) is 0 Å². The van der Waals surface area contributed by atoms with Gasteiger partial charge < -0.3 is 19.1 Å². The summed E-state index contributed by atoms with van der Waals surface area (Å²) >= 11 is 0. The molecule has 0 unspecified atom stereocenters. The Balaban J connectivity index is 1.46. The normalized spacial score (nSPS) is 19.0. The van der Waals surface area contributed by atoms with E-state index in [9.17, 15) is 14.3 Å². The quantitative estimate of drug-likeness (QED) is 0.496. The van der Waals surface area contributed by atoms with E-state index >= 15 is 0 Å². The molecule has 33 heavy (non-hydrogen) atoms. The summed E-state index contributed by atoms with van der Waals surface area (Å²) in [6.07, 6.45) is 4.72. The van der Waals surface area contributed by atoms with Gasteiger partial charge in [0.25, 0.3) is 5.56 Å². The predicted molar refractivity (Wildman–Crippen MR) is 118 cm³/mol. The second-order valence-electron chi connectivity index (χ2n) is 9.46. The van der Waals surface area contributed by atoms with Crippen LogP contribution >= 0.6 is 0 Å². The van der Waals surface area contributed by atoms with Crippen molar-refractivity contribution in [2.24, 2.45) is 0 Å². The highest BCUT2D eigenvalue weighted by Crippen LogP contribution is 2.47. The zero-order valence-corrected chi connectivity index (χ0v) is 18.4. The van der Waals surface area contributed by atoms with Crippen molar-refractivity contribution in [2.45, 2.75) is 50.7 Å². The maximum Gasteiger partial charge on any atom is 0.277 e. The smallest absolute Gasteiger partial charge is 0.277 e. The van der Waals surface area contributed by atoms with E-state index in [4.69, 9.17) is 4.52 Å². The number of rotatable bonds is 5. The zero-order chi connectivity index (χ0) is 22.7. The number of likely N-dealkylation sites (tertiary alicyclic amines) is 1. The maximum atomic E-state index is 14.2. The Labute approximate surface area is 188 Å². The minimum Gasteiger partial charge on any atom is -0.393 e. The molecule has 4 aromatic rings. The van der Waals surface area contributed by atoms with E-state index in [-0.39, 0.29) is 22.9 Å². The first-order chi connectivity index (χ1) is 15.9. The number of halogens is 1. The summed E-state index contributed by atoms with van der Waals surface area (Å²) in [4.78, 5) is 24.9. The third kappa shape index (κ3) is 3.44. The van der Waals surface area contributed by atoms with Crippen LogP contribution in [0.15, 0.2) is 33.8 Å². The van der Waals surface area contributed by atoms with Crippen LogP contribution in [0, 0.1) is 5.82 Å². The molecule has 1 saturated heterocycles. The van der Waals surface area contributed by atoms with Gasteiger partial charge in [0, 0.05) is 31.6 Å². The molecule has 1 aliphatic carbocycles. The summed E-state index contributed by atoms with van der Waals surface area (Å²) in [6, 6.07) is 4.42. The monoisotopic (exact) mass is 452 g/mol. The first-order valence-corrected chi connectivity index (χ1v) is 11.4. The molecule has 0 amide bonds. The average Bonchev–Trinajstić information content (AvgIpc) is 3.20. The molecule has 0 atom stereocenters. The molecule has 1 aliphatic heterocycles. The molecule has 1 aromatic carbocycles. The first kappa shape index (κ1) is 20.5. The van der Waals surface area contributed by atoms with Crippen molar-refractivity contribution in [3.8, 4) is 11.5 Å². The Morgan fingerprint density at radius 2 is 2.00 bits per heavy atom. The van der Waals surface area contributed by atoms with Crippen LogP contribution in [0.1, 0.15) is 38.5 Å². The van der Waals surface area contributed by atoms with Gasteiger partial charge in [-0.1, -0.05) is 12.1 Å². The highest BCUT2D eigenvalue weighted by Gasteiger charge is 2.44. The lowest BCUT2D eigenvalue weighted by Crippen LogP contribution is -2.39. The second-order valence-corrected chi connectivity index (χ2v) is 9.46. The lowest BCUT2D eigenvalue weighted by atomic mass is 10.1. The van der Waals surface area contributed by atoms with E-state index < -0.39 is 5.82 Å². The van der Waals surface area contributed by atoms with Gasteiger partial charge in [0.2, 0.25) is 11.7 Å². The number of benzene rings is 1. The summed E-state index contributed by atoms with van der Waals surface area (Å²) < 4.78 is 22.9. The number of fused-ring (bicyclic) bond motifs is 3. The summed E-state index contributed by atoms with van der Waals surface area (Å²) in [5, 5.41) is 13.9. The van der Waals surface area contributed by atoms with Crippen LogP contribution in [-0.2, 0) is 12.0 Å². The van der Waals surface area contributed by atoms with Crippen molar-refractivity contribution in [1.82, 2.24) is 29.0 Å². The summed E-state index contributed by atoms with van der Waals surface area (Å²) in [5.74, 6) is 0.446. The van der Waals surface area contributed by atoms with Crippen LogP contribution in [0.5, 0.6) is 0 Å².